The van der Waals surface area contributed by atoms with Gasteiger partial charge in [-0.2, -0.15) is 0 Å². The summed E-state index contributed by atoms with van der Waals surface area (Å²) in [6.07, 6.45) is 4.02. The van der Waals surface area contributed by atoms with Gasteiger partial charge >= 0.3 is 0 Å². The highest BCUT2D eigenvalue weighted by atomic mass is 16.3. The minimum atomic E-state index is -0.0819. The van der Waals surface area contributed by atoms with Gasteiger partial charge in [0.2, 0.25) is 0 Å². The van der Waals surface area contributed by atoms with Crippen LogP contribution in [0.2, 0.25) is 0 Å². The maximum absolute atomic E-state index is 12.6. The number of rotatable bonds is 3. The average Bonchev–Trinajstić information content (AvgIpc) is 2.76. The highest BCUT2D eigenvalue weighted by molar-refractivity contribution is 5.87. The third-order valence-electron chi connectivity index (χ3n) is 5.49. The van der Waals surface area contributed by atoms with Crippen LogP contribution in [0.1, 0.15) is 16.8 Å². The van der Waals surface area contributed by atoms with E-state index in [0.29, 0.717) is 31.1 Å². The Kier molecular flexibility index (Phi) is 4.33. The maximum atomic E-state index is 12.6. The van der Waals surface area contributed by atoms with Crippen LogP contribution < -0.4 is 5.56 Å². The van der Waals surface area contributed by atoms with Crippen LogP contribution in [0.4, 0.5) is 0 Å². The lowest BCUT2D eigenvalue weighted by Crippen LogP contribution is -2.35. The van der Waals surface area contributed by atoms with E-state index in [2.05, 4.69) is 14.9 Å². The van der Waals surface area contributed by atoms with Gasteiger partial charge in [-0.15, -0.1) is 0 Å². The molecule has 6 nitrogen and oxygen atoms in total. The van der Waals surface area contributed by atoms with Gasteiger partial charge in [-0.05, 0) is 35.4 Å². The molecule has 0 saturated heterocycles. The number of nitrogens with one attached hydrogen (secondary N) is 1. The lowest BCUT2D eigenvalue weighted by atomic mass is 10.0. The molecule has 2 N–H and O–H groups in total. The molecule has 0 aliphatic carbocycles. The molecule has 3 heterocycles. The molecular weight excluding hydrogens is 364 g/mol. The molecule has 144 valence electrons. The van der Waals surface area contributed by atoms with Crippen molar-refractivity contribution in [1.29, 1.82) is 0 Å². The summed E-state index contributed by atoms with van der Waals surface area (Å²) in [6, 6.07) is 15.4. The van der Waals surface area contributed by atoms with E-state index < -0.39 is 0 Å². The third-order valence-corrected chi connectivity index (χ3v) is 5.49. The Bertz CT molecular complexity index is 1250. The molecular formula is C23H20N4O2. The molecule has 6 heteroatoms. The second-order valence-electron chi connectivity index (χ2n) is 7.33. The number of benzene rings is 2. The van der Waals surface area contributed by atoms with Crippen molar-refractivity contribution in [2.75, 3.05) is 6.54 Å². The predicted molar refractivity (Wildman–Crippen MR) is 112 cm³/mol. The van der Waals surface area contributed by atoms with E-state index >= 15 is 0 Å². The molecule has 1 aliphatic heterocycles. The number of phenols is 1. The number of nitrogens with zero attached hydrogens (tertiary/aromatic N) is 3. The topological polar surface area (TPSA) is 82.1 Å². The van der Waals surface area contributed by atoms with Crippen molar-refractivity contribution >= 4 is 10.8 Å². The van der Waals surface area contributed by atoms with Crippen LogP contribution in [-0.4, -0.2) is 31.5 Å². The van der Waals surface area contributed by atoms with E-state index in [1.165, 1.54) is 0 Å². The molecule has 5 rings (SSSR count). The molecule has 29 heavy (non-hydrogen) atoms. The first-order valence-electron chi connectivity index (χ1n) is 9.63. The van der Waals surface area contributed by atoms with Crippen LogP contribution in [-0.2, 0) is 19.5 Å². The van der Waals surface area contributed by atoms with E-state index in [1.807, 2.05) is 42.5 Å². The van der Waals surface area contributed by atoms with Crippen LogP contribution in [0, 0.1) is 0 Å². The van der Waals surface area contributed by atoms with Crippen LogP contribution in [0.5, 0.6) is 5.75 Å². The Morgan fingerprint density at radius 3 is 2.86 bits per heavy atom. The van der Waals surface area contributed by atoms with Crippen molar-refractivity contribution in [3.63, 3.8) is 0 Å². The van der Waals surface area contributed by atoms with E-state index in [-0.39, 0.29) is 5.56 Å². The number of aromatic nitrogens is 3. The number of pyridine rings is 1. The van der Waals surface area contributed by atoms with Crippen molar-refractivity contribution in [3.8, 4) is 17.1 Å². The lowest BCUT2D eigenvalue weighted by molar-refractivity contribution is 0.238. The molecule has 2 aromatic heterocycles. The van der Waals surface area contributed by atoms with Gasteiger partial charge in [0.15, 0.2) is 0 Å². The van der Waals surface area contributed by atoms with Gasteiger partial charge in [-0.1, -0.05) is 30.3 Å². The SMILES string of the molecule is O=c1[nH]c(-c2cccnc2)nc2c1CCN(Cc1c(O)ccc3ccccc13)C2. The van der Waals surface area contributed by atoms with Gasteiger partial charge in [0.1, 0.15) is 11.6 Å². The highest BCUT2D eigenvalue weighted by Crippen LogP contribution is 2.29. The molecule has 1 aliphatic rings. The number of hydrogen-bond acceptors (Lipinski definition) is 5. The zero-order valence-electron chi connectivity index (χ0n) is 15.8. The molecule has 0 unspecified atom stereocenters. The Labute approximate surface area is 167 Å². The number of aromatic hydroxyl groups is 1. The summed E-state index contributed by atoms with van der Waals surface area (Å²) in [5, 5.41) is 12.6. The normalized spacial score (nSPS) is 14.1. The monoisotopic (exact) mass is 384 g/mol. The summed E-state index contributed by atoms with van der Waals surface area (Å²) < 4.78 is 0. The van der Waals surface area contributed by atoms with Crippen LogP contribution in [0.3, 0.4) is 0 Å². The molecule has 0 spiro atoms. The summed E-state index contributed by atoms with van der Waals surface area (Å²) in [7, 11) is 0. The fourth-order valence-electron chi connectivity index (χ4n) is 3.98. The van der Waals surface area contributed by atoms with Gasteiger partial charge in [0.05, 0.1) is 5.69 Å². The fraction of sp³-hybridized carbons (Fsp3) is 0.174. The number of H-pyrrole nitrogens is 1. The van der Waals surface area contributed by atoms with Crippen molar-refractivity contribution in [2.24, 2.45) is 0 Å². The van der Waals surface area contributed by atoms with Crippen molar-refractivity contribution in [2.45, 2.75) is 19.5 Å². The zero-order chi connectivity index (χ0) is 19.8. The summed E-state index contributed by atoms with van der Waals surface area (Å²) >= 11 is 0. The van der Waals surface area contributed by atoms with Crippen LogP contribution in [0.25, 0.3) is 22.2 Å². The smallest absolute Gasteiger partial charge is 0.254 e. The molecule has 0 atom stereocenters. The first-order valence-corrected chi connectivity index (χ1v) is 9.63. The quantitative estimate of drug-likeness (QED) is 0.567. The number of fused-ring (bicyclic) bond motifs is 2. The van der Waals surface area contributed by atoms with Crippen molar-refractivity contribution in [3.05, 3.63) is 88.1 Å². The number of phenolic OH excluding ortho intramolecular Hbond substituents is 1. The summed E-state index contributed by atoms with van der Waals surface area (Å²) in [4.78, 5) is 26.5. The summed E-state index contributed by atoms with van der Waals surface area (Å²) in [5.74, 6) is 0.834. The van der Waals surface area contributed by atoms with Gasteiger partial charge in [-0.25, -0.2) is 4.98 Å². The summed E-state index contributed by atoms with van der Waals surface area (Å²) in [5.41, 5.74) is 3.15. The third kappa shape index (κ3) is 3.28. The zero-order valence-corrected chi connectivity index (χ0v) is 15.8. The van der Waals surface area contributed by atoms with Gasteiger partial charge in [0.25, 0.3) is 5.56 Å². The second kappa shape index (κ2) is 7.14. The average molecular weight is 384 g/mol. The van der Waals surface area contributed by atoms with Gasteiger partial charge in [0, 0.05) is 48.7 Å². The molecule has 0 radical (unpaired) electrons. The number of aromatic amines is 1. The van der Waals surface area contributed by atoms with Gasteiger partial charge < -0.3 is 10.1 Å². The lowest BCUT2D eigenvalue weighted by Gasteiger charge is -2.28. The van der Waals surface area contributed by atoms with Crippen LogP contribution in [0.15, 0.2) is 65.7 Å². The van der Waals surface area contributed by atoms with Crippen molar-refractivity contribution < 1.29 is 5.11 Å². The molecule has 0 bridgehead atoms. The molecule has 0 fully saturated rings. The molecule has 2 aromatic carbocycles. The maximum Gasteiger partial charge on any atom is 0.254 e. The largest absolute Gasteiger partial charge is 0.508 e. The summed E-state index contributed by atoms with van der Waals surface area (Å²) in [6.45, 7) is 1.91. The van der Waals surface area contributed by atoms with Gasteiger partial charge in [-0.3, -0.25) is 14.7 Å². The number of hydrogen-bond donors (Lipinski definition) is 2. The minimum Gasteiger partial charge on any atom is -0.508 e. The highest BCUT2D eigenvalue weighted by Gasteiger charge is 2.23. The molecule has 4 aromatic rings. The first kappa shape index (κ1) is 17.6. The van der Waals surface area contributed by atoms with Crippen molar-refractivity contribution in [1.82, 2.24) is 19.9 Å². The fourth-order valence-corrected chi connectivity index (χ4v) is 3.98. The first-order chi connectivity index (χ1) is 14.2. The van der Waals surface area contributed by atoms with Crippen LogP contribution >= 0.6 is 0 Å². The Balaban J connectivity index is 1.48. The molecule has 0 amide bonds. The minimum absolute atomic E-state index is 0.0819. The Morgan fingerprint density at radius 1 is 1.10 bits per heavy atom. The Hall–Kier alpha value is -3.51. The van der Waals surface area contributed by atoms with E-state index in [0.717, 1.165) is 39.7 Å². The standard InChI is InChI=1S/C23H20N4O2/c28-21-8-7-15-4-1-2-6-17(15)19(21)13-27-11-9-18-20(14-27)25-22(26-23(18)29)16-5-3-10-24-12-16/h1-8,10,12,28H,9,11,13-14H2,(H,25,26,29). The van der Waals surface area contributed by atoms with E-state index in [1.54, 1.807) is 18.5 Å². The second-order valence-corrected chi connectivity index (χ2v) is 7.33. The Morgan fingerprint density at radius 2 is 2.00 bits per heavy atom. The molecule has 0 saturated carbocycles. The van der Waals surface area contributed by atoms with E-state index in [4.69, 9.17) is 4.98 Å². The predicted octanol–water partition coefficient (Wildman–Crippen LogP) is 3.25. The van der Waals surface area contributed by atoms with E-state index in [9.17, 15) is 9.90 Å².